The molecule has 0 atom stereocenters. The molecule has 100 valence electrons. The number of nitrogens with zero attached hydrogens (tertiary/aromatic N) is 1. The van der Waals surface area contributed by atoms with Crippen molar-refractivity contribution in [2.75, 3.05) is 19.6 Å². The highest BCUT2D eigenvalue weighted by atomic mass is 15.1. The Bertz CT molecular complexity index is 373. The van der Waals surface area contributed by atoms with E-state index < -0.39 is 0 Å². The van der Waals surface area contributed by atoms with E-state index >= 15 is 0 Å². The summed E-state index contributed by atoms with van der Waals surface area (Å²) in [6.45, 7) is 10.2. The molecule has 1 aromatic rings. The molecule has 0 radical (unpaired) electrons. The summed E-state index contributed by atoms with van der Waals surface area (Å²) in [6.07, 6.45) is 3.79. The van der Waals surface area contributed by atoms with Gasteiger partial charge in [0.2, 0.25) is 0 Å². The zero-order valence-corrected chi connectivity index (χ0v) is 11.8. The highest BCUT2D eigenvalue weighted by molar-refractivity contribution is 5.37. The summed E-state index contributed by atoms with van der Waals surface area (Å²) in [5, 5.41) is 3.46. The molecule has 2 nitrogen and oxygen atoms in total. The van der Waals surface area contributed by atoms with E-state index in [1.54, 1.807) is 11.1 Å². The number of hydrogen-bond acceptors (Lipinski definition) is 2. The predicted octanol–water partition coefficient (Wildman–Crippen LogP) is 2.95. The fraction of sp³-hybridized carbons (Fsp3) is 0.625. The van der Waals surface area contributed by atoms with Crippen LogP contribution < -0.4 is 5.32 Å². The van der Waals surface area contributed by atoms with Crippen molar-refractivity contribution >= 4 is 0 Å². The van der Waals surface area contributed by atoms with Crippen LogP contribution in [-0.4, -0.2) is 24.5 Å². The Hall–Kier alpha value is -0.860. The molecule has 0 saturated carbocycles. The molecular formula is C16H26N2. The van der Waals surface area contributed by atoms with Crippen LogP contribution in [0.3, 0.4) is 0 Å². The maximum Gasteiger partial charge on any atom is 0.0236 e. The topological polar surface area (TPSA) is 15.3 Å². The molecule has 2 rings (SSSR count). The average molecular weight is 246 g/mol. The van der Waals surface area contributed by atoms with Crippen LogP contribution in [0.5, 0.6) is 0 Å². The summed E-state index contributed by atoms with van der Waals surface area (Å²) in [5.74, 6) is 0. The Morgan fingerprint density at radius 3 is 2.94 bits per heavy atom. The minimum atomic E-state index is 1.05. The molecule has 0 saturated heterocycles. The smallest absolute Gasteiger partial charge is 0.0236 e. The molecule has 0 bridgehead atoms. The zero-order valence-electron chi connectivity index (χ0n) is 11.8. The normalized spacial score (nSPS) is 14.8. The average Bonchev–Trinajstić information content (AvgIpc) is 2.43. The van der Waals surface area contributed by atoms with Crippen LogP contribution in [0.2, 0.25) is 0 Å². The Kier molecular flexibility index (Phi) is 5.21. The summed E-state index contributed by atoms with van der Waals surface area (Å²) in [6, 6.07) is 6.81. The molecule has 1 aliphatic heterocycles. The van der Waals surface area contributed by atoms with E-state index in [4.69, 9.17) is 0 Å². The van der Waals surface area contributed by atoms with Crippen LogP contribution in [0.25, 0.3) is 0 Å². The SMILES string of the molecule is CCCCN(CC)Cc1cccc2c1CCNC2. The van der Waals surface area contributed by atoms with Gasteiger partial charge >= 0.3 is 0 Å². The summed E-state index contributed by atoms with van der Waals surface area (Å²) < 4.78 is 0. The lowest BCUT2D eigenvalue weighted by Crippen LogP contribution is -2.28. The summed E-state index contributed by atoms with van der Waals surface area (Å²) in [5.41, 5.74) is 4.66. The summed E-state index contributed by atoms with van der Waals surface area (Å²) in [7, 11) is 0. The van der Waals surface area contributed by atoms with Gasteiger partial charge in [-0.3, -0.25) is 4.90 Å². The van der Waals surface area contributed by atoms with E-state index in [2.05, 4.69) is 42.3 Å². The molecule has 0 aliphatic carbocycles. The van der Waals surface area contributed by atoms with Crippen LogP contribution in [0.4, 0.5) is 0 Å². The third kappa shape index (κ3) is 3.33. The third-order valence-corrected chi connectivity index (χ3v) is 3.91. The van der Waals surface area contributed by atoms with Crippen molar-refractivity contribution < 1.29 is 0 Å². The monoisotopic (exact) mass is 246 g/mol. The number of nitrogens with one attached hydrogen (secondary N) is 1. The summed E-state index contributed by atoms with van der Waals surface area (Å²) in [4.78, 5) is 2.57. The number of unbranched alkanes of at least 4 members (excludes halogenated alkanes) is 1. The second-order valence-corrected chi connectivity index (χ2v) is 5.20. The molecule has 1 aliphatic rings. The van der Waals surface area contributed by atoms with Crippen LogP contribution >= 0.6 is 0 Å². The van der Waals surface area contributed by atoms with Crippen LogP contribution in [0.1, 0.15) is 43.4 Å². The van der Waals surface area contributed by atoms with Gasteiger partial charge in [-0.05, 0) is 49.2 Å². The van der Waals surface area contributed by atoms with Crippen molar-refractivity contribution in [2.24, 2.45) is 0 Å². The second kappa shape index (κ2) is 6.91. The Morgan fingerprint density at radius 2 is 2.17 bits per heavy atom. The van der Waals surface area contributed by atoms with E-state index in [-0.39, 0.29) is 0 Å². The highest BCUT2D eigenvalue weighted by Gasteiger charge is 2.13. The first-order valence-corrected chi connectivity index (χ1v) is 7.37. The molecule has 0 aromatic heterocycles. The number of fused-ring (bicyclic) bond motifs is 1. The molecule has 2 heteroatoms. The fourth-order valence-corrected chi connectivity index (χ4v) is 2.73. The molecule has 0 unspecified atom stereocenters. The van der Waals surface area contributed by atoms with Gasteiger partial charge in [-0.25, -0.2) is 0 Å². The fourth-order valence-electron chi connectivity index (χ4n) is 2.73. The molecule has 0 spiro atoms. The van der Waals surface area contributed by atoms with Gasteiger partial charge in [0.15, 0.2) is 0 Å². The lowest BCUT2D eigenvalue weighted by Gasteiger charge is -2.25. The minimum absolute atomic E-state index is 1.05. The standard InChI is InChI=1S/C16H26N2/c1-3-5-11-18(4-2)13-15-8-6-7-14-12-17-10-9-16(14)15/h6-8,17H,3-5,9-13H2,1-2H3. The quantitative estimate of drug-likeness (QED) is 0.830. The van der Waals surface area contributed by atoms with E-state index in [1.165, 1.54) is 31.4 Å². The number of hydrogen-bond donors (Lipinski definition) is 1. The van der Waals surface area contributed by atoms with E-state index in [0.29, 0.717) is 0 Å². The molecular weight excluding hydrogens is 220 g/mol. The third-order valence-electron chi connectivity index (χ3n) is 3.91. The van der Waals surface area contributed by atoms with E-state index in [1.807, 2.05) is 0 Å². The molecule has 1 heterocycles. The minimum Gasteiger partial charge on any atom is -0.312 e. The van der Waals surface area contributed by atoms with Crippen LogP contribution in [-0.2, 0) is 19.5 Å². The summed E-state index contributed by atoms with van der Waals surface area (Å²) >= 11 is 0. The Morgan fingerprint density at radius 1 is 1.28 bits per heavy atom. The molecule has 0 fully saturated rings. The van der Waals surface area contributed by atoms with Crippen molar-refractivity contribution in [3.05, 3.63) is 34.9 Å². The van der Waals surface area contributed by atoms with Crippen molar-refractivity contribution in [3.63, 3.8) is 0 Å². The first-order chi connectivity index (χ1) is 8.85. The maximum absolute atomic E-state index is 3.46. The first kappa shape index (κ1) is 13.6. The molecule has 1 aromatic carbocycles. The predicted molar refractivity (Wildman–Crippen MR) is 77.7 cm³/mol. The van der Waals surface area contributed by atoms with Gasteiger partial charge < -0.3 is 5.32 Å². The molecule has 0 amide bonds. The first-order valence-electron chi connectivity index (χ1n) is 7.37. The van der Waals surface area contributed by atoms with Gasteiger partial charge in [-0.15, -0.1) is 0 Å². The van der Waals surface area contributed by atoms with Crippen molar-refractivity contribution in [2.45, 2.75) is 46.2 Å². The maximum atomic E-state index is 3.46. The molecule has 18 heavy (non-hydrogen) atoms. The lowest BCUT2D eigenvalue weighted by molar-refractivity contribution is 0.274. The van der Waals surface area contributed by atoms with Crippen LogP contribution in [0.15, 0.2) is 18.2 Å². The number of rotatable bonds is 6. The highest BCUT2D eigenvalue weighted by Crippen LogP contribution is 2.20. The Labute approximate surface area is 111 Å². The Balaban J connectivity index is 2.08. The van der Waals surface area contributed by atoms with E-state index in [9.17, 15) is 0 Å². The van der Waals surface area contributed by atoms with Gasteiger partial charge in [-0.2, -0.15) is 0 Å². The van der Waals surface area contributed by atoms with Crippen molar-refractivity contribution in [1.29, 1.82) is 0 Å². The van der Waals surface area contributed by atoms with Gasteiger partial charge in [-0.1, -0.05) is 38.5 Å². The van der Waals surface area contributed by atoms with Gasteiger partial charge in [0.25, 0.3) is 0 Å². The van der Waals surface area contributed by atoms with E-state index in [0.717, 1.165) is 26.2 Å². The van der Waals surface area contributed by atoms with Crippen molar-refractivity contribution in [3.8, 4) is 0 Å². The molecule has 1 N–H and O–H groups in total. The number of benzene rings is 1. The largest absolute Gasteiger partial charge is 0.312 e. The zero-order chi connectivity index (χ0) is 12.8. The van der Waals surface area contributed by atoms with Gasteiger partial charge in [0.1, 0.15) is 0 Å². The van der Waals surface area contributed by atoms with Crippen molar-refractivity contribution in [1.82, 2.24) is 10.2 Å². The van der Waals surface area contributed by atoms with Crippen LogP contribution in [0, 0.1) is 0 Å². The lowest BCUT2D eigenvalue weighted by atomic mass is 9.95. The van der Waals surface area contributed by atoms with Gasteiger partial charge in [0.05, 0.1) is 0 Å². The second-order valence-electron chi connectivity index (χ2n) is 5.20. The van der Waals surface area contributed by atoms with Gasteiger partial charge in [0, 0.05) is 13.1 Å².